The second-order valence-electron chi connectivity index (χ2n) is 10.7. The number of hydrogen-bond donors (Lipinski definition) is 2. The van der Waals surface area contributed by atoms with Gasteiger partial charge in [-0.1, -0.05) is 86.4 Å². The molecule has 1 aliphatic heterocycles. The number of carbonyl (C=O) groups excluding carboxylic acids is 2. The van der Waals surface area contributed by atoms with Gasteiger partial charge in [-0.3, -0.25) is 9.59 Å². The zero-order valence-corrected chi connectivity index (χ0v) is 26.3. The number of nitrogens with one attached hydrogen (secondary N) is 1. The van der Waals surface area contributed by atoms with Gasteiger partial charge in [0.05, 0.1) is 17.2 Å². The van der Waals surface area contributed by atoms with Gasteiger partial charge < -0.3 is 5.73 Å². The number of halogens is 2. The summed E-state index contributed by atoms with van der Waals surface area (Å²) >= 11 is 12.1. The third-order valence-corrected chi connectivity index (χ3v) is 8.91. The van der Waals surface area contributed by atoms with Crippen LogP contribution < -0.4 is 10.5 Å². The van der Waals surface area contributed by atoms with Gasteiger partial charge in [0.15, 0.2) is 5.78 Å². The molecule has 3 N–H and O–H groups in total. The first-order valence-electron chi connectivity index (χ1n) is 13.7. The van der Waals surface area contributed by atoms with E-state index in [1.807, 2.05) is 42.5 Å². The van der Waals surface area contributed by atoms with Crippen LogP contribution >= 0.6 is 23.2 Å². The first-order chi connectivity index (χ1) is 20.4. The number of hydrazone groups is 1. The second-order valence-corrected chi connectivity index (χ2v) is 13.3. The Morgan fingerprint density at radius 3 is 2.12 bits per heavy atom. The van der Waals surface area contributed by atoms with Crippen LogP contribution in [-0.4, -0.2) is 49.4 Å². The number of rotatable bonds is 10. The number of primary amides is 1. The van der Waals surface area contributed by atoms with Crippen LogP contribution in [0.15, 0.2) is 93.9 Å². The summed E-state index contributed by atoms with van der Waals surface area (Å²) < 4.78 is 29.7. The van der Waals surface area contributed by atoms with Gasteiger partial charge in [0, 0.05) is 28.3 Å². The fraction of sp³-hybridized carbons (Fsp3) is 0.290. The molecule has 1 heterocycles. The highest BCUT2D eigenvalue weighted by atomic mass is 35.5. The Kier molecular flexibility index (Phi) is 10.3. The minimum atomic E-state index is -4.17. The van der Waals surface area contributed by atoms with Crippen molar-refractivity contribution in [3.05, 3.63) is 100 Å². The summed E-state index contributed by atoms with van der Waals surface area (Å²) in [4.78, 5) is 29.7. The van der Waals surface area contributed by atoms with Crippen LogP contribution in [0, 0.1) is 11.8 Å². The first-order valence-corrected chi connectivity index (χ1v) is 15.9. The van der Waals surface area contributed by atoms with Crippen molar-refractivity contribution in [2.45, 2.75) is 44.0 Å². The van der Waals surface area contributed by atoms with Crippen molar-refractivity contribution in [2.75, 3.05) is 6.54 Å². The summed E-state index contributed by atoms with van der Waals surface area (Å²) in [5, 5.41) is 7.25. The Bertz CT molecular complexity index is 1630. The highest BCUT2D eigenvalue weighted by Gasteiger charge is 2.35. The topological polar surface area (TPSA) is 134 Å². The number of hydrogen-bond acceptors (Lipinski definition) is 6. The van der Waals surface area contributed by atoms with Crippen LogP contribution in [0.5, 0.6) is 0 Å². The zero-order valence-electron chi connectivity index (χ0n) is 23.9. The second kappa shape index (κ2) is 13.7. The molecule has 3 unspecified atom stereocenters. The molecule has 9 nitrogen and oxygen atoms in total. The van der Waals surface area contributed by atoms with Crippen molar-refractivity contribution in [2.24, 2.45) is 27.7 Å². The fourth-order valence-corrected chi connectivity index (χ4v) is 5.91. The van der Waals surface area contributed by atoms with Crippen molar-refractivity contribution in [1.29, 1.82) is 0 Å². The molecule has 226 valence electrons. The number of carbonyl (C=O) groups is 2. The summed E-state index contributed by atoms with van der Waals surface area (Å²) in [7, 11) is -4.17. The van der Waals surface area contributed by atoms with Crippen molar-refractivity contribution in [3.63, 3.8) is 0 Å². The van der Waals surface area contributed by atoms with Gasteiger partial charge in [0.2, 0.25) is 11.9 Å². The maximum atomic E-state index is 13.6. The van der Waals surface area contributed by atoms with Gasteiger partial charge in [-0.25, -0.2) is 23.1 Å². The lowest BCUT2D eigenvalue weighted by molar-refractivity contribution is -0.127. The third kappa shape index (κ3) is 8.01. The number of guanidine groups is 1. The Labute approximate surface area is 261 Å². The van der Waals surface area contributed by atoms with E-state index in [1.165, 1.54) is 29.3 Å². The van der Waals surface area contributed by atoms with E-state index in [0.29, 0.717) is 15.8 Å². The Morgan fingerprint density at radius 1 is 0.977 bits per heavy atom. The van der Waals surface area contributed by atoms with Gasteiger partial charge >= 0.3 is 0 Å². The average molecular weight is 643 g/mol. The highest BCUT2D eigenvalue weighted by Crippen LogP contribution is 2.30. The zero-order chi connectivity index (χ0) is 31.3. The maximum absolute atomic E-state index is 13.6. The van der Waals surface area contributed by atoms with Crippen LogP contribution in [0.2, 0.25) is 10.0 Å². The molecular formula is C31H33Cl2N5O4S. The molecular weight excluding hydrogens is 609 g/mol. The van der Waals surface area contributed by atoms with Crippen molar-refractivity contribution >= 4 is 56.6 Å². The predicted octanol–water partition coefficient (Wildman–Crippen LogP) is 5.24. The number of aliphatic imine (C=N–C) groups is 1. The molecule has 0 saturated heterocycles. The van der Waals surface area contributed by atoms with Gasteiger partial charge in [0.1, 0.15) is 6.04 Å². The monoisotopic (exact) mass is 641 g/mol. The summed E-state index contributed by atoms with van der Waals surface area (Å²) in [6, 6.07) is 21.6. The van der Waals surface area contributed by atoms with Crippen molar-refractivity contribution < 1.29 is 18.0 Å². The Balaban J connectivity index is 1.82. The number of Topliss-reactive ketones (excluding diaryl/α,β-unsaturated/α-hetero) is 1. The van der Waals surface area contributed by atoms with Crippen LogP contribution in [0.25, 0.3) is 0 Å². The molecule has 0 radical (unpaired) electrons. The van der Waals surface area contributed by atoms with Gasteiger partial charge in [-0.2, -0.15) is 5.10 Å². The normalized spacial score (nSPS) is 17.0. The molecule has 0 saturated carbocycles. The largest absolute Gasteiger partial charge is 0.369 e. The van der Waals surface area contributed by atoms with E-state index in [4.69, 9.17) is 34.0 Å². The number of sulfonamides is 1. The summed E-state index contributed by atoms with van der Waals surface area (Å²) in [5.74, 6) is -2.36. The molecule has 3 aromatic carbocycles. The van der Waals surface area contributed by atoms with Crippen molar-refractivity contribution in [1.82, 2.24) is 9.73 Å². The molecule has 0 fully saturated rings. The molecule has 3 aromatic rings. The van der Waals surface area contributed by atoms with Crippen LogP contribution in [-0.2, 0) is 19.6 Å². The summed E-state index contributed by atoms with van der Waals surface area (Å²) in [5.41, 5.74) is 7.85. The average Bonchev–Trinajstić information content (AvgIpc) is 3.41. The summed E-state index contributed by atoms with van der Waals surface area (Å²) in [6.45, 7) is 5.40. The molecule has 3 atom stereocenters. The first kappa shape index (κ1) is 32.2. The van der Waals surface area contributed by atoms with Gasteiger partial charge in [0.25, 0.3) is 10.0 Å². The smallest absolute Gasteiger partial charge is 0.264 e. The quantitative estimate of drug-likeness (QED) is 0.231. The summed E-state index contributed by atoms with van der Waals surface area (Å²) in [6.07, 6.45) is -0.134. The third-order valence-electron chi connectivity index (χ3n) is 7.07. The van der Waals surface area contributed by atoms with E-state index in [2.05, 4.69) is 9.71 Å². The maximum Gasteiger partial charge on any atom is 0.264 e. The fourth-order valence-electron chi connectivity index (χ4n) is 4.65. The molecule has 0 bridgehead atoms. The Hall–Kier alpha value is -3.73. The minimum Gasteiger partial charge on any atom is -0.369 e. The molecule has 0 aromatic heterocycles. The molecule has 4 rings (SSSR count). The van der Waals surface area contributed by atoms with E-state index in [1.54, 1.807) is 32.9 Å². The van der Waals surface area contributed by atoms with Crippen molar-refractivity contribution in [3.8, 4) is 0 Å². The molecule has 12 heteroatoms. The van der Waals surface area contributed by atoms with E-state index >= 15 is 0 Å². The number of benzene rings is 3. The number of nitrogens with two attached hydrogens (primary N) is 1. The number of ketones is 1. The number of amides is 1. The van der Waals surface area contributed by atoms with Crippen LogP contribution in [0.4, 0.5) is 0 Å². The van der Waals surface area contributed by atoms with Crippen LogP contribution in [0.3, 0.4) is 0 Å². The molecule has 0 aliphatic carbocycles. The lowest BCUT2D eigenvalue weighted by Gasteiger charge is -2.23. The van der Waals surface area contributed by atoms with E-state index in [9.17, 15) is 18.0 Å². The predicted molar refractivity (Wildman–Crippen MR) is 170 cm³/mol. The molecule has 1 amide bonds. The minimum absolute atomic E-state index is 0.0416. The van der Waals surface area contributed by atoms with Crippen LogP contribution in [0.1, 0.15) is 44.2 Å². The SMILES string of the molecule is CC(CC(=O)C(N=C(NS(=O)(=O)c1ccc(Cl)cc1)N1CC(c2ccccc2)C(c2ccc(Cl)cc2)=N1)C(C)C)C(N)=O. The highest BCUT2D eigenvalue weighted by molar-refractivity contribution is 7.90. The number of nitrogens with zero attached hydrogens (tertiary/aromatic N) is 3. The standard InChI is InChI=1S/C31H33Cl2N5O4S/c1-19(2)28(27(39)17-20(3)30(34)40)35-31(37-43(41,42)25-15-13-24(33)14-16-25)38-18-26(21-7-5-4-6-8-21)29(36-38)22-9-11-23(32)12-10-22/h4-16,19-20,26,28H,17-18H2,1-3H3,(H2,34,40)(H,35,37). The molecule has 43 heavy (non-hydrogen) atoms. The van der Waals surface area contributed by atoms with Gasteiger partial charge in [-0.15, -0.1) is 0 Å². The van der Waals surface area contributed by atoms with E-state index in [-0.39, 0.29) is 41.4 Å². The molecule has 1 aliphatic rings. The van der Waals surface area contributed by atoms with E-state index in [0.717, 1.165) is 11.1 Å². The lowest BCUT2D eigenvalue weighted by Crippen LogP contribution is -2.43. The Morgan fingerprint density at radius 2 is 1.56 bits per heavy atom. The lowest BCUT2D eigenvalue weighted by atomic mass is 9.91. The molecule has 0 spiro atoms. The van der Waals surface area contributed by atoms with Gasteiger partial charge in [-0.05, 0) is 53.4 Å². The van der Waals surface area contributed by atoms with E-state index < -0.39 is 27.9 Å².